The lowest BCUT2D eigenvalue weighted by Crippen LogP contribution is -2.45. The first-order valence-corrected chi connectivity index (χ1v) is 8.10. The van der Waals surface area contributed by atoms with E-state index >= 15 is 0 Å². The van der Waals surface area contributed by atoms with E-state index in [4.69, 9.17) is 5.11 Å². The normalized spacial score (nSPS) is 11.7. The zero-order valence-corrected chi connectivity index (χ0v) is 13.8. The Morgan fingerprint density at radius 3 is 2.36 bits per heavy atom. The molecule has 4 N–H and O–H groups in total. The van der Waals surface area contributed by atoms with E-state index in [0.29, 0.717) is 18.5 Å². The molecule has 2 rings (SSSR count). The average Bonchev–Trinajstić information content (AvgIpc) is 2.60. The summed E-state index contributed by atoms with van der Waals surface area (Å²) in [6.45, 7) is 0.411. The third-order valence-corrected chi connectivity index (χ3v) is 3.77. The van der Waals surface area contributed by atoms with Crippen molar-refractivity contribution in [2.75, 3.05) is 6.54 Å². The summed E-state index contributed by atoms with van der Waals surface area (Å²) in [6, 6.07) is 16.0. The Morgan fingerprint density at radius 2 is 1.68 bits per heavy atom. The van der Waals surface area contributed by atoms with Crippen molar-refractivity contribution in [2.45, 2.75) is 25.4 Å². The number of benzene rings is 2. The van der Waals surface area contributed by atoms with Crippen LogP contribution in [0.3, 0.4) is 0 Å². The summed E-state index contributed by atoms with van der Waals surface area (Å²) in [6.07, 6.45) is 0.344. The predicted molar refractivity (Wildman–Crippen MR) is 94.1 cm³/mol. The molecule has 25 heavy (non-hydrogen) atoms. The van der Waals surface area contributed by atoms with Gasteiger partial charge in [0.05, 0.1) is 12.5 Å². The van der Waals surface area contributed by atoms with Gasteiger partial charge in [0.1, 0.15) is 5.75 Å². The number of carboxylic acid groups (broad SMARTS) is 1. The molecule has 0 aliphatic carbocycles. The van der Waals surface area contributed by atoms with Gasteiger partial charge in [0, 0.05) is 18.7 Å². The third-order valence-electron chi connectivity index (χ3n) is 3.77. The van der Waals surface area contributed by atoms with Crippen molar-refractivity contribution in [2.24, 2.45) is 0 Å². The van der Waals surface area contributed by atoms with Crippen LogP contribution in [-0.2, 0) is 22.6 Å². The maximum atomic E-state index is 12.4. The number of aliphatic carboxylic acids is 1. The number of para-hydroxylation sites is 1. The van der Waals surface area contributed by atoms with Crippen LogP contribution in [0.5, 0.6) is 5.75 Å². The van der Waals surface area contributed by atoms with Crippen molar-refractivity contribution in [1.82, 2.24) is 10.6 Å². The van der Waals surface area contributed by atoms with Crippen molar-refractivity contribution in [3.8, 4) is 5.75 Å². The molecule has 1 atom stereocenters. The van der Waals surface area contributed by atoms with Gasteiger partial charge in [0.2, 0.25) is 5.91 Å². The Bertz CT molecular complexity index is 704. The second-order valence-electron chi connectivity index (χ2n) is 5.69. The molecule has 0 heterocycles. The van der Waals surface area contributed by atoms with Crippen LogP contribution in [0.25, 0.3) is 0 Å². The summed E-state index contributed by atoms with van der Waals surface area (Å²) in [7, 11) is 0. The smallest absolute Gasteiger partial charge is 0.305 e. The summed E-state index contributed by atoms with van der Waals surface area (Å²) < 4.78 is 0. The topological polar surface area (TPSA) is 98.7 Å². The highest BCUT2D eigenvalue weighted by atomic mass is 16.4. The Labute approximate surface area is 146 Å². The average molecular weight is 342 g/mol. The molecule has 0 fully saturated rings. The number of carbonyl (C=O) groups excluding carboxylic acids is 1. The molecule has 2 aromatic carbocycles. The molecule has 0 saturated heterocycles. The summed E-state index contributed by atoms with van der Waals surface area (Å²) in [4.78, 5) is 23.0. The Kier molecular flexibility index (Phi) is 6.98. The lowest BCUT2D eigenvalue weighted by atomic mass is 10.0. The molecule has 132 valence electrons. The van der Waals surface area contributed by atoms with Gasteiger partial charge in [-0.3, -0.25) is 9.59 Å². The van der Waals surface area contributed by atoms with Crippen molar-refractivity contribution < 1.29 is 19.8 Å². The highest BCUT2D eigenvalue weighted by Crippen LogP contribution is 2.15. The molecule has 0 bridgehead atoms. The van der Waals surface area contributed by atoms with Crippen molar-refractivity contribution >= 4 is 11.9 Å². The van der Waals surface area contributed by atoms with E-state index < -0.39 is 12.0 Å². The van der Waals surface area contributed by atoms with Crippen LogP contribution < -0.4 is 10.6 Å². The molecular weight excluding hydrogens is 320 g/mol. The molecule has 0 unspecified atom stereocenters. The second-order valence-corrected chi connectivity index (χ2v) is 5.69. The van der Waals surface area contributed by atoms with Gasteiger partial charge < -0.3 is 20.8 Å². The lowest BCUT2D eigenvalue weighted by molar-refractivity contribution is -0.137. The number of carboxylic acids is 1. The minimum Gasteiger partial charge on any atom is -0.508 e. The first kappa shape index (κ1) is 18.5. The fourth-order valence-corrected chi connectivity index (χ4v) is 2.42. The summed E-state index contributed by atoms with van der Waals surface area (Å²) in [5.74, 6) is -1.05. The number of hydrogen-bond acceptors (Lipinski definition) is 4. The van der Waals surface area contributed by atoms with E-state index in [1.54, 1.807) is 18.2 Å². The Hall–Kier alpha value is -2.86. The fourth-order valence-electron chi connectivity index (χ4n) is 2.42. The van der Waals surface area contributed by atoms with E-state index in [1.807, 2.05) is 36.4 Å². The number of phenols is 1. The van der Waals surface area contributed by atoms with Crippen LogP contribution in [0.1, 0.15) is 17.5 Å². The summed E-state index contributed by atoms with van der Waals surface area (Å²) in [5.41, 5.74) is 1.68. The van der Waals surface area contributed by atoms with Crippen molar-refractivity contribution in [1.29, 1.82) is 0 Å². The van der Waals surface area contributed by atoms with Crippen LogP contribution >= 0.6 is 0 Å². The summed E-state index contributed by atoms with van der Waals surface area (Å²) in [5, 5.41) is 24.3. The SMILES string of the molecule is O=C(O)CCNC(=O)[C@H](Cc1ccccc1)NCc1ccccc1O. The number of hydrogen-bond donors (Lipinski definition) is 4. The third kappa shape index (κ3) is 6.27. The van der Waals surface area contributed by atoms with E-state index in [1.165, 1.54) is 0 Å². The lowest BCUT2D eigenvalue weighted by Gasteiger charge is -2.19. The quantitative estimate of drug-likeness (QED) is 0.556. The second kappa shape index (κ2) is 9.44. The van der Waals surface area contributed by atoms with Gasteiger partial charge in [-0.1, -0.05) is 48.5 Å². The minimum absolute atomic E-state index is 0.0811. The summed E-state index contributed by atoms with van der Waals surface area (Å²) >= 11 is 0. The molecule has 0 aliphatic heterocycles. The monoisotopic (exact) mass is 342 g/mol. The van der Waals surface area contributed by atoms with E-state index in [-0.39, 0.29) is 24.6 Å². The standard InChI is InChI=1S/C19H22N2O4/c22-17-9-5-4-8-15(17)13-21-16(12-14-6-2-1-3-7-14)19(25)20-11-10-18(23)24/h1-9,16,21-22H,10-13H2,(H,20,25)(H,23,24)/t16-/m0/s1. The van der Waals surface area contributed by atoms with Gasteiger partial charge in [-0.05, 0) is 18.1 Å². The Balaban J connectivity index is 2.01. The van der Waals surface area contributed by atoms with E-state index in [9.17, 15) is 14.7 Å². The number of phenolic OH excluding ortho intramolecular Hbond substituents is 1. The van der Waals surface area contributed by atoms with Gasteiger partial charge in [-0.2, -0.15) is 0 Å². The van der Waals surface area contributed by atoms with Crippen LogP contribution in [0.2, 0.25) is 0 Å². The zero-order chi connectivity index (χ0) is 18.1. The maximum Gasteiger partial charge on any atom is 0.305 e. The molecule has 6 heteroatoms. The minimum atomic E-state index is -0.956. The van der Waals surface area contributed by atoms with Crippen LogP contribution in [0.4, 0.5) is 0 Å². The molecule has 0 aliphatic rings. The van der Waals surface area contributed by atoms with Crippen molar-refractivity contribution in [3.63, 3.8) is 0 Å². The van der Waals surface area contributed by atoms with Crippen LogP contribution in [-0.4, -0.2) is 34.7 Å². The van der Waals surface area contributed by atoms with Gasteiger partial charge in [-0.25, -0.2) is 0 Å². The number of amides is 1. The number of nitrogens with one attached hydrogen (secondary N) is 2. The molecule has 6 nitrogen and oxygen atoms in total. The molecular formula is C19H22N2O4. The first-order valence-electron chi connectivity index (χ1n) is 8.10. The van der Waals surface area contributed by atoms with E-state index in [0.717, 1.165) is 5.56 Å². The van der Waals surface area contributed by atoms with Gasteiger partial charge >= 0.3 is 5.97 Å². The molecule has 1 amide bonds. The van der Waals surface area contributed by atoms with Crippen LogP contribution in [0, 0.1) is 0 Å². The van der Waals surface area contributed by atoms with Crippen LogP contribution in [0.15, 0.2) is 54.6 Å². The highest BCUT2D eigenvalue weighted by Gasteiger charge is 2.19. The zero-order valence-electron chi connectivity index (χ0n) is 13.8. The number of aromatic hydroxyl groups is 1. The fraction of sp³-hybridized carbons (Fsp3) is 0.263. The first-order chi connectivity index (χ1) is 12.1. The molecule has 2 aromatic rings. The van der Waals surface area contributed by atoms with Crippen molar-refractivity contribution in [3.05, 3.63) is 65.7 Å². The largest absolute Gasteiger partial charge is 0.508 e. The highest BCUT2D eigenvalue weighted by molar-refractivity contribution is 5.82. The van der Waals surface area contributed by atoms with Gasteiger partial charge in [-0.15, -0.1) is 0 Å². The maximum absolute atomic E-state index is 12.4. The Morgan fingerprint density at radius 1 is 1.00 bits per heavy atom. The predicted octanol–water partition coefficient (Wildman–Crippen LogP) is 1.68. The number of carbonyl (C=O) groups is 2. The molecule has 0 spiro atoms. The van der Waals surface area contributed by atoms with E-state index in [2.05, 4.69) is 10.6 Å². The van der Waals surface area contributed by atoms with Gasteiger partial charge in [0.15, 0.2) is 0 Å². The molecule has 0 radical (unpaired) electrons. The molecule has 0 saturated carbocycles. The van der Waals surface area contributed by atoms with Gasteiger partial charge in [0.25, 0.3) is 0 Å². The number of rotatable bonds is 9. The molecule has 0 aromatic heterocycles.